The van der Waals surface area contributed by atoms with Gasteiger partial charge in [0.1, 0.15) is 0 Å². The van der Waals surface area contributed by atoms with E-state index in [1.54, 1.807) is 11.8 Å². The molecule has 0 spiro atoms. The molecule has 112 valence electrons. The van der Waals surface area contributed by atoms with Crippen molar-refractivity contribution in [2.45, 2.75) is 43.9 Å². The highest BCUT2D eigenvalue weighted by Gasteiger charge is 2.28. The number of nitrogens with one attached hydrogen (secondary N) is 1. The van der Waals surface area contributed by atoms with E-state index in [0.29, 0.717) is 12.1 Å². The van der Waals surface area contributed by atoms with Gasteiger partial charge in [0.25, 0.3) is 0 Å². The van der Waals surface area contributed by atoms with Crippen molar-refractivity contribution in [1.29, 1.82) is 0 Å². The molecule has 0 saturated heterocycles. The van der Waals surface area contributed by atoms with Crippen LogP contribution in [0.15, 0.2) is 23.4 Å². The standard InChI is InChI=1S/C15H21N5S/c1-10-4-7-13(11(2)8-10)14(16-3)9-21-15-17-18-19-20(15)12-5-6-12/h4,7-8,12,14,16H,5-6,9H2,1-3H3. The van der Waals surface area contributed by atoms with Crippen LogP contribution in [-0.2, 0) is 0 Å². The van der Waals surface area contributed by atoms with Gasteiger partial charge in [-0.1, -0.05) is 35.5 Å². The van der Waals surface area contributed by atoms with Crippen LogP contribution >= 0.6 is 11.8 Å². The summed E-state index contributed by atoms with van der Waals surface area (Å²) in [5, 5.41) is 16.4. The average molecular weight is 303 g/mol. The van der Waals surface area contributed by atoms with Gasteiger partial charge in [-0.15, -0.1) is 5.10 Å². The molecule has 1 fully saturated rings. The molecular formula is C15H21N5S. The van der Waals surface area contributed by atoms with Gasteiger partial charge in [0.2, 0.25) is 5.16 Å². The molecule has 3 rings (SSSR count). The molecule has 1 atom stereocenters. The number of hydrogen-bond donors (Lipinski definition) is 1. The third-order valence-corrected chi connectivity index (χ3v) is 4.91. The number of thioether (sulfide) groups is 1. The van der Waals surface area contributed by atoms with Crippen LogP contribution < -0.4 is 5.32 Å². The Hall–Kier alpha value is -1.40. The number of tetrazole rings is 1. The van der Waals surface area contributed by atoms with Gasteiger partial charge in [-0.05, 0) is 55.3 Å². The molecule has 0 bridgehead atoms. The minimum atomic E-state index is 0.306. The van der Waals surface area contributed by atoms with E-state index in [-0.39, 0.29) is 0 Å². The molecule has 1 aromatic heterocycles. The highest BCUT2D eigenvalue weighted by atomic mass is 32.2. The molecule has 0 amide bonds. The van der Waals surface area contributed by atoms with E-state index in [0.717, 1.165) is 10.9 Å². The van der Waals surface area contributed by atoms with Gasteiger partial charge in [0, 0.05) is 11.8 Å². The number of nitrogens with zero attached hydrogens (tertiary/aromatic N) is 4. The molecule has 1 aliphatic rings. The topological polar surface area (TPSA) is 55.6 Å². The van der Waals surface area contributed by atoms with E-state index in [4.69, 9.17) is 0 Å². The van der Waals surface area contributed by atoms with Gasteiger partial charge in [-0.2, -0.15) is 0 Å². The Morgan fingerprint density at radius 3 is 2.86 bits per heavy atom. The van der Waals surface area contributed by atoms with Crippen LogP contribution in [0.1, 0.15) is 41.6 Å². The highest BCUT2D eigenvalue weighted by molar-refractivity contribution is 7.99. The van der Waals surface area contributed by atoms with Crippen molar-refractivity contribution in [3.05, 3.63) is 34.9 Å². The summed E-state index contributed by atoms with van der Waals surface area (Å²) in [6.07, 6.45) is 2.40. The van der Waals surface area contributed by atoms with Crippen molar-refractivity contribution < 1.29 is 0 Å². The lowest BCUT2D eigenvalue weighted by atomic mass is 10.0. The zero-order valence-corrected chi connectivity index (χ0v) is 13.5. The minimum Gasteiger partial charge on any atom is -0.312 e. The van der Waals surface area contributed by atoms with Crippen LogP contribution in [0.2, 0.25) is 0 Å². The van der Waals surface area contributed by atoms with Crippen LogP contribution in [-0.4, -0.2) is 33.0 Å². The number of aryl methyl sites for hydroxylation is 2. The maximum Gasteiger partial charge on any atom is 0.209 e. The minimum absolute atomic E-state index is 0.306. The fraction of sp³-hybridized carbons (Fsp3) is 0.533. The molecule has 21 heavy (non-hydrogen) atoms. The zero-order valence-electron chi connectivity index (χ0n) is 12.7. The number of aromatic nitrogens is 4. The van der Waals surface area contributed by atoms with Crippen molar-refractivity contribution in [3.8, 4) is 0 Å². The zero-order chi connectivity index (χ0) is 14.8. The van der Waals surface area contributed by atoms with E-state index in [9.17, 15) is 0 Å². The molecule has 5 nitrogen and oxygen atoms in total. The van der Waals surface area contributed by atoms with Gasteiger partial charge in [0.15, 0.2) is 0 Å². The summed E-state index contributed by atoms with van der Waals surface area (Å²) in [7, 11) is 2.01. The predicted octanol–water partition coefficient (Wildman–Crippen LogP) is 2.68. The van der Waals surface area contributed by atoms with Crippen LogP contribution in [0, 0.1) is 13.8 Å². The summed E-state index contributed by atoms with van der Waals surface area (Å²) in [6, 6.07) is 7.46. The highest BCUT2D eigenvalue weighted by Crippen LogP contribution is 2.37. The summed E-state index contributed by atoms with van der Waals surface area (Å²) in [5.74, 6) is 0.924. The Bertz CT molecular complexity index is 620. The SMILES string of the molecule is CNC(CSc1nnnn1C1CC1)c1ccc(C)cc1C. The Labute approximate surface area is 129 Å². The van der Waals surface area contributed by atoms with Crippen LogP contribution in [0.5, 0.6) is 0 Å². The van der Waals surface area contributed by atoms with Crippen molar-refractivity contribution in [1.82, 2.24) is 25.5 Å². The van der Waals surface area contributed by atoms with Crippen LogP contribution in [0.3, 0.4) is 0 Å². The summed E-state index contributed by atoms with van der Waals surface area (Å²) in [5.41, 5.74) is 3.98. The average Bonchev–Trinajstić information content (AvgIpc) is 3.20. The van der Waals surface area contributed by atoms with E-state index in [2.05, 4.69) is 52.9 Å². The van der Waals surface area contributed by atoms with Gasteiger partial charge >= 0.3 is 0 Å². The van der Waals surface area contributed by atoms with Crippen LogP contribution in [0.4, 0.5) is 0 Å². The van der Waals surface area contributed by atoms with Crippen molar-refractivity contribution in [2.24, 2.45) is 0 Å². The van der Waals surface area contributed by atoms with Gasteiger partial charge in [0.05, 0.1) is 6.04 Å². The molecule has 6 heteroatoms. The Kier molecular flexibility index (Phi) is 4.26. The van der Waals surface area contributed by atoms with Crippen molar-refractivity contribution >= 4 is 11.8 Å². The Morgan fingerprint density at radius 2 is 2.19 bits per heavy atom. The summed E-state index contributed by atoms with van der Waals surface area (Å²) < 4.78 is 1.97. The molecule has 0 radical (unpaired) electrons. The normalized spacial score (nSPS) is 16.1. The fourth-order valence-corrected chi connectivity index (χ4v) is 3.61. The van der Waals surface area contributed by atoms with Crippen molar-refractivity contribution in [2.75, 3.05) is 12.8 Å². The lowest BCUT2D eigenvalue weighted by Crippen LogP contribution is -2.20. The third kappa shape index (κ3) is 3.27. The Balaban J connectivity index is 1.70. The number of rotatable bonds is 6. The second-order valence-corrected chi connectivity index (χ2v) is 6.64. The summed E-state index contributed by atoms with van der Waals surface area (Å²) in [4.78, 5) is 0. The van der Waals surface area contributed by atoms with Crippen molar-refractivity contribution in [3.63, 3.8) is 0 Å². The van der Waals surface area contributed by atoms with Gasteiger partial charge < -0.3 is 5.32 Å². The Morgan fingerprint density at radius 1 is 1.38 bits per heavy atom. The first-order chi connectivity index (χ1) is 10.2. The number of hydrogen-bond acceptors (Lipinski definition) is 5. The first-order valence-corrected chi connectivity index (χ1v) is 8.32. The maximum atomic E-state index is 4.15. The summed E-state index contributed by atoms with van der Waals surface area (Å²) in [6.45, 7) is 4.30. The van der Waals surface area contributed by atoms with E-state index >= 15 is 0 Å². The molecule has 1 heterocycles. The molecule has 1 saturated carbocycles. The van der Waals surface area contributed by atoms with E-state index in [1.807, 2.05) is 11.7 Å². The monoisotopic (exact) mass is 303 g/mol. The maximum absolute atomic E-state index is 4.15. The molecule has 2 aromatic rings. The first-order valence-electron chi connectivity index (χ1n) is 7.34. The van der Waals surface area contributed by atoms with Gasteiger partial charge in [-0.3, -0.25) is 0 Å². The van der Waals surface area contributed by atoms with E-state index < -0.39 is 0 Å². The fourth-order valence-electron chi connectivity index (χ4n) is 2.53. The smallest absolute Gasteiger partial charge is 0.209 e. The molecule has 1 N–H and O–H groups in total. The lowest BCUT2D eigenvalue weighted by Gasteiger charge is -2.18. The quantitative estimate of drug-likeness (QED) is 0.832. The lowest BCUT2D eigenvalue weighted by molar-refractivity contribution is 0.564. The van der Waals surface area contributed by atoms with E-state index in [1.165, 1.54) is 29.5 Å². The third-order valence-electron chi connectivity index (χ3n) is 3.88. The first kappa shape index (κ1) is 14.5. The molecule has 1 unspecified atom stereocenters. The van der Waals surface area contributed by atoms with Crippen LogP contribution in [0.25, 0.3) is 0 Å². The molecule has 1 aliphatic carbocycles. The second kappa shape index (κ2) is 6.15. The predicted molar refractivity (Wildman–Crippen MR) is 84.5 cm³/mol. The van der Waals surface area contributed by atoms with Gasteiger partial charge in [-0.25, -0.2) is 4.68 Å². The number of benzene rings is 1. The molecule has 0 aliphatic heterocycles. The summed E-state index contributed by atoms with van der Waals surface area (Å²) >= 11 is 1.73. The second-order valence-electron chi connectivity index (χ2n) is 5.65. The molecule has 1 aromatic carbocycles. The largest absolute Gasteiger partial charge is 0.312 e. The molecular weight excluding hydrogens is 282 g/mol.